The standard InChI is InChI=1S/C24H18ClF2N7O3S/c1-13-9-14(7-8-29-13)21-23(28)31-20-6-5-18(32-34(20)21)15-10-19(22(25)30-12-15)33-38(35,36)17-4-2-3-16(11-17)37-24(26)27/h2-12,24,33H,28H2,1H3. The number of imidazole rings is 1. The Balaban J connectivity index is 1.52. The van der Waals surface area contributed by atoms with Gasteiger partial charge in [-0.3, -0.25) is 9.71 Å². The van der Waals surface area contributed by atoms with Gasteiger partial charge in [0.05, 0.1) is 16.3 Å². The molecular weight excluding hydrogens is 540 g/mol. The van der Waals surface area contributed by atoms with Crippen molar-refractivity contribution in [3.63, 3.8) is 0 Å². The van der Waals surface area contributed by atoms with E-state index in [4.69, 9.17) is 17.3 Å². The minimum absolute atomic E-state index is 0.0404. The van der Waals surface area contributed by atoms with E-state index in [1.54, 1.807) is 28.9 Å². The van der Waals surface area contributed by atoms with E-state index in [1.165, 1.54) is 30.5 Å². The van der Waals surface area contributed by atoms with Crippen molar-refractivity contribution in [3.8, 4) is 28.3 Å². The van der Waals surface area contributed by atoms with Crippen molar-refractivity contribution >= 4 is 38.8 Å². The summed E-state index contributed by atoms with van der Waals surface area (Å²) < 4.78 is 59.2. The number of hydrogen-bond donors (Lipinski definition) is 2. The number of pyridine rings is 2. The summed E-state index contributed by atoms with van der Waals surface area (Å²) in [5.41, 5.74) is 9.64. The molecule has 10 nitrogen and oxygen atoms in total. The third-order valence-electron chi connectivity index (χ3n) is 5.39. The average Bonchev–Trinajstić information content (AvgIpc) is 3.20. The highest BCUT2D eigenvalue weighted by Crippen LogP contribution is 2.31. The molecule has 3 N–H and O–H groups in total. The van der Waals surface area contributed by atoms with E-state index in [9.17, 15) is 17.2 Å². The van der Waals surface area contributed by atoms with E-state index < -0.39 is 16.6 Å². The number of ether oxygens (including phenoxy) is 1. The summed E-state index contributed by atoms with van der Waals surface area (Å²) in [6.07, 6.45) is 3.09. The van der Waals surface area contributed by atoms with Crippen molar-refractivity contribution in [1.82, 2.24) is 24.6 Å². The first kappa shape index (κ1) is 25.3. The summed E-state index contributed by atoms with van der Waals surface area (Å²) in [6, 6.07) is 13.2. The molecule has 194 valence electrons. The predicted octanol–water partition coefficient (Wildman–Crippen LogP) is 4.80. The molecule has 0 aliphatic carbocycles. The third kappa shape index (κ3) is 5.06. The number of anilines is 2. The second-order valence-corrected chi connectivity index (χ2v) is 10.1. The van der Waals surface area contributed by atoms with Gasteiger partial charge in [-0.25, -0.2) is 22.9 Å². The van der Waals surface area contributed by atoms with Crippen LogP contribution in [0.25, 0.3) is 28.2 Å². The van der Waals surface area contributed by atoms with Crippen LogP contribution in [0.15, 0.2) is 71.9 Å². The fourth-order valence-electron chi connectivity index (χ4n) is 3.75. The first-order valence-corrected chi connectivity index (χ1v) is 12.8. The van der Waals surface area contributed by atoms with Crippen LogP contribution in [-0.2, 0) is 10.0 Å². The molecule has 0 amide bonds. The number of nitrogen functional groups attached to an aromatic ring is 1. The van der Waals surface area contributed by atoms with Crippen LogP contribution in [0.3, 0.4) is 0 Å². The molecule has 0 unspecified atom stereocenters. The average molecular weight is 558 g/mol. The molecule has 0 aliphatic heterocycles. The fraction of sp³-hybridized carbons (Fsp3) is 0.0833. The van der Waals surface area contributed by atoms with Crippen molar-refractivity contribution in [2.45, 2.75) is 18.4 Å². The first-order valence-electron chi connectivity index (χ1n) is 10.9. The second kappa shape index (κ2) is 9.84. The van der Waals surface area contributed by atoms with Crippen LogP contribution in [0.1, 0.15) is 5.69 Å². The summed E-state index contributed by atoms with van der Waals surface area (Å²) in [6.45, 7) is -1.25. The predicted molar refractivity (Wildman–Crippen MR) is 137 cm³/mol. The Bertz CT molecular complexity index is 1780. The number of nitrogens with zero attached hydrogens (tertiary/aromatic N) is 5. The molecular formula is C24H18ClF2N7O3S. The number of alkyl halides is 2. The summed E-state index contributed by atoms with van der Waals surface area (Å²) in [5, 5.41) is 4.52. The molecule has 0 atom stereocenters. The van der Waals surface area contributed by atoms with Gasteiger partial charge in [-0.05, 0) is 49.4 Å². The highest BCUT2D eigenvalue weighted by atomic mass is 35.5. The van der Waals surface area contributed by atoms with Crippen LogP contribution in [0.2, 0.25) is 5.15 Å². The van der Waals surface area contributed by atoms with Crippen molar-refractivity contribution < 1.29 is 21.9 Å². The maximum atomic E-state index is 13.0. The molecule has 4 aromatic heterocycles. The Labute approximate surface area is 220 Å². The van der Waals surface area contributed by atoms with E-state index in [1.807, 2.05) is 13.0 Å². The lowest BCUT2D eigenvalue weighted by atomic mass is 10.1. The van der Waals surface area contributed by atoms with Gasteiger partial charge in [0.25, 0.3) is 10.0 Å². The first-order chi connectivity index (χ1) is 18.1. The van der Waals surface area contributed by atoms with Crippen molar-refractivity contribution in [2.75, 3.05) is 10.5 Å². The van der Waals surface area contributed by atoms with Gasteiger partial charge in [0.1, 0.15) is 11.4 Å². The van der Waals surface area contributed by atoms with Gasteiger partial charge in [-0.1, -0.05) is 17.7 Å². The van der Waals surface area contributed by atoms with Gasteiger partial charge >= 0.3 is 6.61 Å². The van der Waals surface area contributed by atoms with Crippen LogP contribution < -0.4 is 15.2 Å². The number of aromatic nitrogens is 5. The van der Waals surface area contributed by atoms with Crippen LogP contribution in [0, 0.1) is 6.92 Å². The van der Waals surface area contributed by atoms with Crippen LogP contribution in [0.5, 0.6) is 5.75 Å². The number of benzene rings is 1. The monoisotopic (exact) mass is 557 g/mol. The molecule has 1 aromatic carbocycles. The maximum Gasteiger partial charge on any atom is 0.387 e. The Morgan fingerprint density at radius 3 is 2.66 bits per heavy atom. The van der Waals surface area contributed by atoms with Gasteiger partial charge < -0.3 is 10.5 Å². The third-order valence-corrected chi connectivity index (χ3v) is 7.06. The quantitative estimate of drug-likeness (QED) is 0.272. The highest BCUT2D eigenvalue weighted by molar-refractivity contribution is 7.92. The molecule has 0 spiro atoms. The molecule has 14 heteroatoms. The number of fused-ring (bicyclic) bond motifs is 1. The minimum Gasteiger partial charge on any atom is -0.435 e. The largest absolute Gasteiger partial charge is 0.435 e. The lowest BCUT2D eigenvalue weighted by molar-refractivity contribution is -0.0499. The Hall–Kier alpha value is -4.36. The van der Waals surface area contributed by atoms with Gasteiger partial charge in [0.15, 0.2) is 16.6 Å². The molecule has 0 radical (unpaired) electrons. The Kier molecular flexibility index (Phi) is 6.55. The number of aryl methyl sites for hydroxylation is 1. The zero-order valence-corrected chi connectivity index (χ0v) is 21.1. The SMILES string of the molecule is Cc1cc(-c2c(N)nc3ccc(-c4cnc(Cl)c(NS(=O)(=O)c5cccc(OC(F)F)c5)c4)nn23)ccn1. The summed E-state index contributed by atoms with van der Waals surface area (Å²) in [5.74, 6) is -0.0286. The normalized spacial score (nSPS) is 11.7. The van der Waals surface area contributed by atoms with E-state index >= 15 is 0 Å². The molecule has 5 aromatic rings. The summed E-state index contributed by atoms with van der Waals surface area (Å²) in [7, 11) is -4.23. The maximum absolute atomic E-state index is 13.0. The van der Waals surface area contributed by atoms with Crippen molar-refractivity contribution in [3.05, 3.63) is 77.8 Å². The van der Waals surface area contributed by atoms with Crippen LogP contribution in [-0.4, -0.2) is 39.6 Å². The lowest BCUT2D eigenvalue weighted by Gasteiger charge is -2.12. The Morgan fingerprint density at radius 2 is 1.89 bits per heavy atom. The number of rotatable bonds is 7. The number of halogens is 3. The molecule has 5 rings (SSSR count). The molecule has 4 heterocycles. The molecule has 0 saturated heterocycles. The zero-order chi connectivity index (χ0) is 27.0. The van der Waals surface area contributed by atoms with E-state index in [0.29, 0.717) is 22.6 Å². The molecule has 38 heavy (non-hydrogen) atoms. The molecule has 0 fully saturated rings. The van der Waals surface area contributed by atoms with Gasteiger partial charge in [0.2, 0.25) is 0 Å². The van der Waals surface area contributed by atoms with Gasteiger partial charge in [-0.15, -0.1) is 0 Å². The summed E-state index contributed by atoms with van der Waals surface area (Å²) >= 11 is 6.18. The molecule has 0 saturated carbocycles. The van der Waals surface area contributed by atoms with Crippen molar-refractivity contribution in [1.29, 1.82) is 0 Å². The number of sulfonamides is 1. The van der Waals surface area contributed by atoms with Crippen molar-refractivity contribution in [2.24, 2.45) is 0 Å². The van der Waals surface area contributed by atoms with Gasteiger partial charge in [-0.2, -0.15) is 13.9 Å². The second-order valence-electron chi connectivity index (χ2n) is 8.04. The molecule has 0 bridgehead atoms. The smallest absolute Gasteiger partial charge is 0.387 e. The highest BCUT2D eigenvalue weighted by Gasteiger charge is 2.20. The number of nitrogens with two attached hydrogens (primary N) is 1. The van der Waals surface area contributed by atoms with E-state index in [0.717, 1.165) is 17.3 Å². The van der Waals surface area contributed by atoms with E-state index in [2.05, 4.69) is 29.5 Å². The van der Waals surface area contributed by atoms with Gasteiger partial charge in [0, 0.05) is 35.3 Å². The van der Waals surface area contributed by atoms with E-state index in [-0.39, 0.29) is 27.3 Å². The Morgan fingerprint density at radius 1 is 1.08 bits per heavy atom. The fourth-order valence-corrected chi connectivity index (χ4v) is 5.05. The number of nitrogens with one attached hydrogen (secondary N) is 1. The summed E-state index contributed by atoms with van der Waals surface area (Å²) in [4.78, 5) is 12.3. The van der Waals surface area contributed by atoms with Crippen LogP contribution >= 0.6 is 11.6 Å². The lowest BCUT2D eigenvalue weighted by Crippen LogP contribution is -2.14. The topological polar surface area (TPSA) is 137 Å². The minimum atomic E-state index is -4.23. The number of hydrogen-bond acceptors (Lipinski definition) is 8. The molecule has 0 aliphatic rings. The zero-order valence-electron chi connectivity index (χ0n) is 19.5. The van der Waals surface area contributed by atoms with Crippen LogP contribution in [0.4, 0.5) is 20.3 Å².